The van der Waals surface area contributed by atoms with Crippen LogP contribution in [0.4, 0.5) is 0 Å². The van der Waals surface area contributed by atoms with Crippen LogP contribution >= 0.6 is 11.3 Å². The maximum Gasteiger partial charge on any atom is 0.263 e. The molecule has 0 aliphatic carbocycles. The van der Waals surface area contributed by atoms with Crippen LogP contribution in [0, 0.1) is 5.92 Å². The molecular formula is C23H26N4O3S. The Morgan fingerprint density at radius 1 is 1.26 bits per heavy atom. The van der Waals surface area contributed by atoms with Crippen LogP contribution in [0.15, 0.2) is 54.2 Å². The normalized spacial score (nSPS) is 17.2. The van der Waals surface area contributed by atoms with Crippen LogP contribution in [0.5, 0.6) is 5.75 Å². The van der Waals surface area contributed by atoms with Crippen LogP contribution in [0.3, 0.4) is 0 Å². The average Bonchev–Trinajstić information content (AvgIpc) is 3.49. The monoisotopic (exact) mass is 438 g/mol. The SMILES string of the molecule is COc1ccc(C(NC(=O)C2CCCN(C(=O)c3cccs3)C2)c2nccn2C)cc1. The van der Waals surface area contributed by atoms with Crippen molar-refractivity contribution in [2.24, 2.45) is 13.0 Å². The molecular weight excluding hydrogens is 412 g/mol. The van der Waals surface area contributed by atoms with Crippen LogP contribution in [-0.2, 0) is 11.8 Å². The van der Waals surface area contributed by atoms with Gasteiger partial charge in [0.1, 0.15) is 17.6 Å². The minimum atomic E-state index is -0.387. The van der Waals surface area contributed by atoms with Crippen molar-refractivity contribution in [3.05, 3.63) is 70.4 Å². The lowest BCUT2D eigenvalue weighted by atomic mass is 9.95. The van der Waals surface area contributed by atoms with Crippen molar-refractivity contribution in [1.29, 1.82) is 0 Å². The second kappa shape index (κ2) is 9.34. The molecule has 3 heterocycles. The van der Waals surface area contributed by atoms with E-state index in [9.17, 15) is 9.59 Å². The summed E-state index contributed by atoms with van der Waals surface area (Å²) in [4.78, 5) is 33.0. The molecule has 1 aromatic carbocycles. The van der Waals surface area contributed by atoms with E-state index in [1.807, 2.05) is 59.6 Å². The molecule has 1 aliphatic rings. The minimum Gasteiger partial charge on any atom is -0.497 e. The molecule has 1 aliphatic heterocycles. The zero-order chi connectivity index (χ0) is 21.8. The number of thiophene rings is 1. The Hall–Kier alpha value is -3.13. The standard InChI is InChI=1S/C23H26N4O3S/c1-26-13-11-24-21(26)20(16-7-9-18(30-2)10-8-16)25-22(28)17-5-3-12-27(15-17)23(29)19-6-4-14-31-19/h4,6-11,13-14,17,20H,3,5,12,15H2,1-2H3,(H,25,28). The number of imidazole rings is 1. The molecule has 0 radical (unpaired) electrons. The Balaban J connectivity index is 1.51. The van der Waals surface area contributed by atoms with Crippen molar-refractivity contribution in [2.75, 3.05) is 20.2 Å². The Bertz CT molecular complexity index is 1030. The molecule has 2 aromatic heterocycles. The first kappa shape index (κ1) is 21.1. The molecule has 1 saturated heterocycles. The fourth-order valence-electron chi connectivity index (χ4n) is 3.94. The van der Waals surface area contributed by atoms with Gasteiger partial charge < -0.3 is 19.5 Å². The quantitative estimate of drug-likeness (QED) is 0.641. The number of methoxy groups -OCH3 is 1. The van der Waals surface area contributed by atoms with Crippen molar-refractivity contribution in [1.82, 2.24) is 19.8 Å². The fraction of sp³-hybridized carbons (Fsp3) is 0.348. The smallest absolute Gasteiger partial charge is 0.263 e. The lowest BCUT2D eigenvalue weighted by molar-refractivity contribution is -0.126. The van der Waals surface area contributed by atoms with Gasteiger partial charge in [0, 0.05) is 32.5 Å². The van der Waals surface area contributed by atoms with E-state index in [0.717, 1.165) is 30.0 Å². The highest BCUT2D eigenvalue weighted by atomic mass is 32.1. The third-order valence-corrected chi connectivity index (χ3v) is 6.52. The Kier molecular flexibility index (Phi) is 6.36. The maximum atomic E-state index is 13.3. The van der Waals surface area contributed by atoms with E-state index in [4.69, 9.17) is 4.74 Å². The highest BCUT2D eigenvalue weighted by Gasteiger charge is 2.31. The zero-order valence-corrected chi connectivity index (χ0v) is 18.5. The predicted octanol–water partition coefficient (Wildman–Crippen LogP) is 3.25. The minimum absolute atomic E-state index is 0.00306. The number of carbonyl (C=O) groups excluding carboxylic acids is 2. The number of amides is 2. The molecule has 0 saturated carbocycles. The van der Waals surface area contributed by atoms with Gasteiger partial charge in [-0.05, 0) is 42.0 Å². The highest BCUT2D eigenvalue weighted by Crippen LogP contribution is 2.26. The van der Waals surface area contributed by atoms with Crippen LogP contribution in [0.25, 0.3) is 0 Å². The first-order chi connectivity index (χ1) is 15.1. The number of nitrogens with one attached hydrogen (secondary N) is 1. The van der Waals surface area contributed by atoms with E-state index in [2.05, 4.69) is 10.3 Å². The van der Waals surface area contributed by atoms with Gasteiger partial charge in [-0.2, -0.15) is 0 Å². The van der Waals surface area contributed by atoms with Crippen molar-refractivity contribution in [2.45, 2.75) is 18.9 Å². The summed E-state index contributed by atoms with van der Waals surface area (Å²) in [5.74, 6) is 1.19. The van der Waals surface area contributed by atoms with E-state index < -0.39 is 0 Å². The summed E-state index contributed by atoms with van der Waals surface area (Å²) in [7, 11) is 3.53. The number of hydrogen-bond donors (Lipinski definition) is 1. The summed E-state index contributed by atoms with van der Waals surface area (Å²) in [5.41, 5.74) is 0.922. The van der Waals surface area contributed by atoms with E-state index in [1.54, 1.807) is 18.2 Å². The summed E-state index contributed by atoms with van der Waals surface area (Å²) in [6, 6.07) is 10.9. The van der Waals surface area contributed by atoms with E-state index >= 15 is 0 Å². The fourth-order valence-corrected chi connectivity index (χ4v) is 4.63. The van der Waals surface area contributed by atoms with E-state index in [1.165, 1.54) is 11.3 Å². The van der Waals surface area contributed by atoms with Gasteiger partial charge in [0.2, 0.25) is 5.91 Å². The van der Waals surface area contributed by atoms with Crippen LogP contribution in [-0.4, -0.2) is 46.5 Å². The van der Waals surface area contributed by atoms with E-state index in [0.29, 0.717) is 18.0 Å². The van der Waals surface area contributed by atoms with Crippen LogP contribution in [0.2, 0.25) is 0 Å². The number of piperidine rings is 1. The number of ether oxygens (including phenoxy) is 1. The molecule has 3 aromatic rings. The summed E-state index contributed by atoms with van der Waals surface area (Å²) in [5, 5.41) is 5.08. The Morgan fingerprint density at radius 3 is 2.71 bits per heavy atom. The van der Waals surface area contributed by atoms with Gasteiger partial charge in [0.25, 0.3) is 5.91 Å². The van der Waals surface area contributed by atoms with Gasteiger partial charge in [-0.15, -0.1) is 11.3 Å². The van der Waals surface area contributed by atoms with Crippen LogP contribution in [0.1, 0.15) is 39.9 Å². The Morgan fingerprint density at radius 2 is 2.06 bits per heavy atom. The number of likely N-dealkylation sites (tertiary alicyclic amines) is 1. The molecule has 8 heteroatoms. The predicted molar refractivity (Wildman–Crippen MR) is 119 cm³/mol. The van der Waals surface area contributed by atoms with Crippen molar-refractivity contribution in [3.63, 3.8) is 0 Å². The van der Waals surface area contributed by atoms with Gasteiger partial charge in [0.05, 0.1) is 17.9 Å². The summed E-state index contributed by atoms with van der Waals surface area (Å²) >= 11 is 1.43. The maximum absolute atomic E-state index is 13.3. The second-order valence-corrected chi connectivity index (χ2v) is 8.63. The Labute approximate surface area is 185 Å². The van der Waals surface area contributed by atoms with Gasteiger partial charge in [-0.1, -0.05) is 18.2 Å². The molecule has 0 bridgehead atoms. The summed E-state index contributed by atoms with van der Waals surface area (Å²) in [6.07, 6.45) is 5.15. The number of carbonyl (C=O) groups is 2. The van der Waals surface area contributed by atoms with Gasteiger partial charge in [-0.3, -0.25) is 9.59 Å². The van der Waals surface area contributed by atoms with Gasteiger partial charge in [-0.25, -0.2) is 4.98 Å². The molecule has 2 unspecified atom stereocenters. The van der Waals surface area contributed by atoms with Crippen molar-refractivity contribution < 1.29 is 14.3 Å². The van der Waals surface area contributed by atoms with Crippen molar-refractivity contribution in [3.8, 4) is 5.75 Å². The van der Waals surface area contributed by atoms with Gasteiger partial charge >= 0.3 is 0 Å². The topological polar surface area (TPSA) is 76.5 Å². The molecule has 7 nitrogen and oxygen atoms in total. The first-order valence-electron chi connectivity index (χ1n) is 10.3. The molecule has 1 N–H and O–H groups in total. The molecule has 4 rings (SSSR count). The van der Waals surface area contributed by atoms with E-state index in [-0.39, 0.29) is 23.8 Å². The molecule has 1 fully saturated rings. The number of benzene rings is 1. The number of nitrogens with zero attached hydrogens (tertiary/aromatic N) is 3. The average molecular weight is 439 g/mol. The molecule has 2 amide bonds. The molecule has 0 spiro atoms. The third kappa shape index (κ3) is 4.64. The van der Waals surface area contributed by atoms with Crippen molar-refractivity contribution >= 4 is 23.2 Å². The lowest BCUT2D eigenvalue weighted by Gasteiger charge is -2.32. The molecule has 2 atom stereocenters. The second-order valence-electron chi connectivity index (χ2n) is 7.68. The number of aromatic nitrogens is 2. The highest BCUT2D eigenvalue weighted by molar-refractivity contribution is 7.12. The number of hydrogen-bond acceptors (Lipinski definition) is 5. The summed E-state index contributed by atoms with van der Waals surface area (Å²) in [6.45, 7) is 1.11. The largest absolute Gasteiger partial charge is 0.497 e. The number of rotatable bonds is 6. The van der Waals surface area contributed by atoms with Crippen LogP contribution < -0.4 is 10.1 Å². The first-order valence-corrected chi connectivity index (χ1v) is 11.2. The third-order valence-electron chi connectivity index (χ3n) is 5.66. The number of aryl methyl sites for hydroxylation is 1. The summed E-state index contributed by atoms with van der Waals surface area (Å²) < 4.78 is 7.17. The van der Waals surface area contributed by atoms with Gasteiger partial charge in [0.15, 0.2) is 0 Å². The molecule has 31 heavy (non-hydrogen) atoms. The molecule has 162 valence electrons. The lowest BCUT2D eigenvalue weighted by Crippen LogP contribution is -2.46. The zero-order valence-electron chi connectivity index (χ0n) is 17.7.